The Morgan fingerprint density at radius 1 is 0.311 bits per heavy atom. The van der Waals surface area contributed by atoms with E-state index in [0.29, 0.717) is 83.0 Å². The molecule has 0 saturated carbocycles. The first-order valence-corrected chi connectivity index (χ1v) is 43.6. The predicted molar refractivity (Wildman–Crippen MR) is 495 cm³/mol. The Bertz CT molecular complexity index is 4310. The third kappa shape index (κ3) is 55.1. The predicted octanol–water partition coefficient (Wildman–Crippen LogP) is 6.27. The van der Waals surface area contributed by atoms with Crippen molar-refractivity contribution in [2.45, 2.75) is 204 Å². The van der Waals surface area contributed by atoms with Crippen molar-refractivity contribution in [2.24, 2.45) is 0 Å². The molecule has 6 unspecified atom stereocenters. The van der Waals surface area contributed by atoms with Crippen molar-refractivity contribution >= 4 is 77.4 Å². The van der Waals surface area contributed by atoms with Crippen LogP contribution in [0, 0.1) is 0 Å². The minimum Gasteiger partial charge on any atom is -0.549 e. The molecule has 0 aliphatic carbocycles. The maximum Gasteiger partial charge on any atom is 1.00 e. The molecule has 3 amide bonds. The van der Waals surface area contributed by atoms with E-state index in [1.54, 1.807) is 42.7 Å². The largest absolute Gasteiger partial charge is 1.00 e. The molecule has 6 aromatic carbocycles. The molecule has 712 valence electrons. The number of carbonyl (C=O) groups is 13. The molecule has 0 aromatic heterocycles. The zero-order valence-electron chi connectivity index (χ0n) is 80.3. The summed E-state index contributed by atoms with van der Waals surface area (Å²) in [5, 5.41) is 73.6. The molecular formula is C100H137N7Na2O23. The molecule has 6 rings (SSSR count). The SMILES string of the molecule is C=C(C)C(=O)OCCNC(=O)CN(CC(=O)O)Cc1ccc(C(C)CC)cc1.C=C(C)C(=O)OCCNC(=O)CN(CC(=O)O)Cc1ccc(C(C)CC)cc1.C=C(C)C(=O)OCCNC(=O)c1ccc(C(C)CC)cc1.CCC(C)c1ccc(C(=O)O)cc1.CCC(C)c1ccc(CN(CC(=O)O)CC(=O)O)cc1.CCC(C)c1ccc(CN(CC(=O)[O-])CC(=O)[O-])cc1.[Na+].[Na+]. The van der Waals surface area contributed by atoms with Gasteiger partial charge in [0.05, 0.1) is 76.4 Å². The second-order valence-corrected chi connectivity index (χ2v) is 32.0. The second-order valence-electron chi connectivity index (χ2n) is 32.0. The third-order valence-electron chi connectivity index (χ3n) is 20.8. The molecule has 0 bridgehead atoms. The Hall–Kier alpha value is -10.5. The number of benzene rings is 6. The number of carbonyl (C=O) groups excluding carboxylic acids is 8. The maximum absolute atomic E-state index is 12.1. The fraction of sp³-hybridized carbons (Fsp3) is 0.450. The van der Waals surface area contributed by atoms with Gasteiger partial charge in [-0.15, -0.1) is 0 Å². The average Bonchev–Trinajstić information content (AvgIpc) is 0.992. The van der Waals surface area contributed by atoms with E-state index >= 15 is 0 Å². The van der Waals surface area contributed by atoms with Gasteiger partial charge in [-0.05, 0) is 175 Å². The molecule has 132 heavy (non-hydrogen) atoms. The second kappa shape index (κ2) is 69.4. The first-order chi connectivity index (χ1) is 61.4. The summed E-state index contributed by atoms with van der Waals surface area (Å²) in [4.78, 5) is 151. The third-order valence-corrected chi connectivity index (χ3v) is 20.8. The summed E-state index contributed by atoms with van der Waals surface area (Å²) in [5.74, 6) is -6.94. The number of carboxylic acid groups (broad SMARTS) is 7. The summed E-state index contributed by atoms with van der Waals surface area (Å²) < 4.78 is 14.7. The van der Waals surface area contributed by atoms with Crippen molar-refractivity contribution < 1.29 is 171 Å². The van der Waals surface area contributed by atoms with Gasteiger partial charge >= 0.3 is 107 Å². The number of amides is 3. The molecule has 6 aromatic rings. The van der Waals surface area contributed by atoms with Gasteiger partial charge in [0.1, 0.15) is 19.8 Å². The van der Waals surface area contributed by atoms with Crippen LogP contribution in [0.1, 0.15) is 254 Å². The van der Waals surface area contributed by atoms with E-state index < -0.39 is 72.8 Å². The first-order valence-electron chi connectivity index (χ1n) is 43.6. The number of carboxylic acids is 7. The normalized spacial score (nSPS) is 11.8. The number of rotatable bonds is 50. The molecule has 0 aliphatic rings. The van der Waals surface area contributed by atoms with E-state index in [2.05, 4.69) is 119 Å². The van der Waals surface area contributed by atoms with Crippen molar-refractivity contribution in [1.29, 1.82) is 0 Å². The van der Waals surface area contributed by atoms with Gasteiger partial charge < -0.3 is 75.5 Å². The minimum absolute atomic E-state index is 0. The van der Waals surface area contributed by atoms with Crippen LogP contribution < -0.4 is 85.3 Å². The number of aliphatic carboxylic acids is 6. The molecule has 8 N–H and O–H groups in total. The summed E-state index contributed by atoms with van der Waals surface area (Å²) in [6.07, 6.45) is 6.34. The van der Waals surface area contributed by atoms with E-state index in [4.69, 9.17) is 39.7 Å². The quantitative estimate of drug-likeness (QED) is 0.00685. The van der Waals surface area contributed by atoms with Crippen LogP contribution in [0.2, 0.25) is 0 Å². The van der Waals surface area contributed by atoms with Gasteiger partial charge in [0.25, 0.3) is 5.91 Å². The molecule has 0 heterocycles. The number of ether oxygens (including phenoxy) is 3. The van der Waals surface area contributed by atoms with E-state index in [9.17, 15) is 72.5 Å². The van der Waals surface area contributed by atoms with Crippen LogP contribution in [0.25, 0.3) is 0 Å². The summed E-state index contributed by atoms with van der Waals surface area (Å²) in [5.41, 5.74) is 12.9. The zero-order chi connectivity index (χ0) is 98.1. The number of nitrogens with zero attached hydrogens (tertiary/aromatic N) is 4. The van der Waals surface area contributed by atoms with Gasteiger partial charge in [0.15, 0.2) is 0 Å². The number of aromatic carboxylic acids is 1. The molecule has 0 fully saturated rings. The van der Waals surface area contributed by atoms with Gasteiger partial charge in [-0.1, -0.05) is 224 Å². The molecule has 32 heteroatoms. The van der Waals surface area contributed by atoms with Crippen LogP contribution in [0.5, 0.6) is 0 Å². The molecule has 0 saturated heterocycles. The summed E-state index contributed by atoms with van der Waals surface area (Å²) >= 11 is 0. The Balaban J connectivity index is 0. The van der Waals surface area contributed by atoms with Crippen LogP contribution in [-0.2, 0) is 93.1 Å². The summed E-state index contributed by atoms with van der Waals surface area (Å²) in [6, 6.07) is 46.3. The molecule has 6 atom stereocenters. The number of hydrogen-bond donors (Lipinski definition) is 8. The van der Waals surface area contributed by atoms with Crippen molar-refractivity contribution in [3.63, 3.8) is 0 Å². The minimum atomic E-state index is -1.30. The maximum atomic E-state index is 12.1. The standard InChI is InChI=1S/2C21H30N2O5.C17H23NO3.2C15H21NO4.C11H14O2.2Na/c2*1-5-16(4)18-8-6-17(7-9-18)12-23(14-20(25)26)13-19(24)22-10-11-28-21(27)15(2)3;1-5-13(4)14-6-8-15(9-7-14)16(19)18-10-11-21-17(20)12(2)3;2*1-3-11(2)13-6-4-12(5-7-13)8-16(9-14(17)18)10-15(19)20;1-3-8(2)9-4-6-10(7-5-9)11(12)13;;/h2*6-9,16H,2,5,10-14H2,1,3-4H3,(H,22,24)(H,25,26);6-9,13H,2,5,10-11H2,1,3-4H3,(H,18,19);2*4-7,11H,3,8-10H2,1-2H3,(H,17,18)(H,19,20);4-8H,3H2,1-2H3,(H,12,13);;/q;;;;;;2*+1/p-2. The van der Waals surface area contributed by atoms with Gasteiger partial charge in [0.2, 0.25) is 11.8 Å². The van der Waals surface area contributed by atoms with Gasteiger partial charge in [-0.3, -0.25) is 53.2 Å². The van der Waals surface area contributed by atoms with E-state index in [1.165, 1.54) is 43.2 Å². The fourth-order valence-corrected chi connectivity index (χ4v) is 11.9. The average molecular weight is 1850 g/mol. The molecule has 0 aliphatic heterocycles. The van der Waals surface area contributed by atoms with Crippen LogP contribution in [0.3, 0.4) is 0 Å². The van der Waals surface area contributed by atoms with E-state index in [1.807, 2.05) is 133 Å². The molecule has 0 spiro atoms. The number of nitrogens with one attached hydrogen (secondary N) is 3. The number of esters is 3. The van der Waals surface area contributed by atoms with E-state index in [-0.39, 0.29) is 162 Å². The smallest absolute Gasteiger partial charge is 0.549 e. The van der Waals surface area contributed by atoms with Crippen molar-refractivity contribution in [3.05, 3.63) is 249 Å². The van der Waals surface area contributed by atoms with Crippen molar-refractivity contribution in [1.82, 2.24) is 35.6 Å². The Morgan fingerprint density at radius 3 is 0.705 bits per heavy atom. The molecule has 0 radical (unpaired) electrons. The van der Waals surface area contributed by atoms with Crippen LogP contribution >= 0.6 is 0 Å². The summed E-state index contributed by atoms with van der Waals surface area (Å²) in [7, 11) is 0. The monoisotopic (exact) mass is 1850 g/mol. The van der Waals surface area contributed by atoms with Crippen molar-refractivity contribution in [2.75, 3.05) is 91.8 Å². The van der Waals surface area contributed by atoms with E-state index in [0.717, 1.165) is 60.8 Å². The Kier molecular flexibility index (Phi) is 64.9. The van der Waals surface area contributed by atoms with Gasteiger partial charge in [0, 0.05) is 61.6 Å². The van der Waals surface area contributed by atoms with Gasteiger partial charge in [-0.2, -0.15) is 0 Å². The van der Waals surface area contributed by atoms with Gasteiger partial charge in [-0.25, -0.2) is 19.2 Å². The topological polar surface area (TPSA) is 446 Å². The zero-order valence-corrected chi connectivity index (χ0v) is 84.3. The molecule has 30 nitrogen and oxygen atoms in total. The molecular weight excluding hydrogens is 1710 g/mol. The Labute approximate surface area is 823 Å². The van der Waals surface area contributed by atoms with Crippen LogP contribution in [-0.4, -0.2) is 214 Å². The van der Waals surface area contributed by atoms with Crippen LogP contribution in [0.4, 0.5) is 0 Å². The van der Waals surface area contributed by atoms with Crippen LogP contribution in [0.15, 0.2) is 182 Å². The number of hydrogen-bond acceptors (Lipinski definition) is 22. The first kappa shape index (κ1) is 124. The summed E-state index contributed by atoms with van der Waals surface area (Å²) in [6.45, 7) is 40.8. The van der Waals surface area contributed by atoms with Crippen molar-refractivity contribution in [3.8, 4) is 0 Å². The fourth-order valence-electron chi connectivity index (χ4n) is 11.9. The Morgan fingerprint density at radius 2 is 0.508 bits per heavy atom.